The molecule has 1 fully saturated rings. The van der Waals surface area contributed by atoms with Crippen LogP contribution in [-0.4, -0.2) is 85.7 Å². The van der Waals surface area contributed by atoms with Crippen molar-refractivity contribution >= 4 is 40.0 Å². The Morgan fingerprint density at radius 1 is 1.00 bits per heavy atom. The summed E-state index contributed by atoms with van der Waals surface area (Å²) in [5.41, 5.74) is 0.507. The Kier molecular flexibility index (Phi) is 9.63. The molecule has 1 aliphatic heterocycles. The van der Waals surface area contributed by atoms with Crippen LogP contribution < -0.4 is 24.4 Å². The molecule has 1 aromatic heterocycles. The van der Waals surface area contributed by atoms with E-state index in [1.165, 1.54) is 23.1 Å². The maximum atomic E-state index is 13.3. The molecule has 12 heteroatoms. The fourth-order valence-corrected chi connectivity index (χ4v) is 5.15. The van der Waals surface area contributed by atoms with E-state index in [-0.39, 0.29) is 11.8 Å². The van der Waals surface area contributed by atoms with Gasteiger partial charge in [-0.15, -0.1) is 10.2 Å². The van der Waals surface area contributed by atoms with Gasteiger partial charge in [-0.1, -0.05) is 23.1 Å². The van der Waals surface area contributed by atoms with Gasteiger partial charge in [-0.25, -0.2) is 0 Å². The fourth-order valence-electron chi connectivity index (χ4n) is 3.38. The zero-order valence-corrected chi connectivity index (χ0v) is 21.6. The first kappa shape index (κ1) is 25.9. The molecule has 1 aromatic carbocycles. The highest BCUT2D eigenvalue weighted by Crippen LogP contribution is 2.39. The van der Waals surface area contributed by atoms with Crippen molar-refractivity contribution in [3.63, 3.8) is 0 Å². The summed E-state index contributed by atoms with van der Waals surface area (Å²) in [7, 11) is 1.61. The van der Waals surface area contributed by atoms with Gasteiger partial charge in [-0.05, 0) is 32.9 Å². The van der Waals surface area contributed by atoms with E-state index >= 15 is 0 Å². The number of thioether (sulfide) groups is 1. The van der Waals surface area contributed by atoms with Crippen molar-refractivity contribution in [1.82, 2.24) is 20.4 Å². The van der Waals surface area contributed by atoms with Crippen LogP contribution in [0.5, 0.6) is 17.2 Å². The third-order valence-electron chi connectivity index (χ3n) is 4.99. The molecular formula is C22H31N5O5S2. The van der Waals surface area contributed by atoms with E-state index in [0.717, 1.165) is 9.47 Å². The van der Waals surface area contributed by atoms with Crippen molar-refractivity contribution in [2.24, 2.45) is 0 Å². The lowest BCUT2D eigenvalue weighted by Crippen LogP contribution is -2.48. The third-order valence-corrected chi connectivity index (χ3v) is 7.11. The molecular weight excluding hydrogens is 478 g/mol. The van der Waals surface area contributed by atoms with Crippen molar-refractivity contribution in [2.45, 2.75) is 25.1 Å². The summed E-state index contributed by atoms with van der Waals surface area (Å²) in [5.74, 6) is 1.71. The number of ether oxygens (including phenoxy) is 3. The van der Waals surface area contributed by atoms with Crippen LogP contribution in [0.2, 0.25) is 0 Å². The van der Waals surface area contributed by atoms with E-state index in [9.17, 15) is 9.59 Å². The Balaban J connectivity index is 1.67. The van der Waals surface area contributed by atoms with Crippen molar-refractivity contribution < 1.29 is 23.8 Å². The molecule has 1 aliphatic rings. The van der Waals surface area contributed by atoms with Gasteiger partial charge in [0.05, 0.1) is 25.6 Å². The normalized spacial score (nSPS) is 13.5. The maximum Gasteiger partial charge on any atom is 0.254 e. The summed E-state index contributed by atoms with van der Waals surface area (Å²) in [6, 6.07) is 3.46. The number of hydrogen-bond acceptors (Lipinski definition) is 10. The van der Waals surface area contributed by atoms with E-state index < -0.39 is 0 Å². The van der Waals surface area contributed by atoms with Gasteiger partial charge in [0, 0.05) is 38.8 Å². The smallest absolute Gasteiger partial charge is 0.254 e. The minimum Gasteiger partial charge on any atom is -0.490 e. The topological polar surface area (TPSA) is 106 Å². The van der Waals surface area contributed by atoms with Crippen molar-refractivity contribution in [1.29, 1.82) is 0 Å². The second-order valence-electron chi connectivity index (χ2n) is 7.19. The first-order valence-corrected chi connectivity index (χ1v) is 13.1. The summed E-state index contributed by atoms with van der Waals surface area (Å²) in [5, 5.41) is 11.8. The Bertz CT molecular complexity index is 951. The molecule has 0 aliphatic carbocycles. The zero-order valence-electron chi connectivity index (χ0n) is 20.0. The Hall–Kier alpha value is -2.73. The molecule has 3 rings (SSSR count). The minimum atomic E-state index is -0.0799. The van der Waals surface area contributed by atoms with Crippen LogP contribution in [0, 0.1) is 0 Å². The standard InChI is InChI=1S/C22H31N5O5S2/c1-5-30-16-12-15(13-17(31-6-2)19(16)32-7-3)20(29)26-8-10-27(11-9-26)21-24-25-22(34-21)33-14-18(28)23-4/h12-13H,5-11,14H2,1-4H3,(H,23,28). The lowest BCUT2D eigenvalue weighted by Gasteiger charge is -2.34. The van der Waals surface area contributed by atoms with Gasteiger partial charge >= 0.3 is 0 Å². The molecule has 0 atom stereocenters. The molecule has 0 radical (unpaired) electrons. The highest BCUT2D eigenvalue weighted by molar-refractivity contribution is 8.01. The van der Waals surface area contributed by atoms with E-state index in [1.54, 1.807) is 19.2 Å². The lowest BCUT2D eigenvalue weighted by atomic mass is 10.1. The number of nitrogens with zero attached hydrogens (tertiary/aromatic N) is 4. The first-order chi connectivity index (χ1) is 16.5. The molecule has 0 saturated carbocycles. The van der Waals surface area contributed by atoms with Crippen molar-refractivity contribution in [3.8, 4) is 17.2 Å². The average molecular weight is 510 g/mol. The van der Waals surface area contributed by atoms with Gasteiger partial charge in [0.25, 0.3) is 5.91 Å². The van der Waals surface area contributed by atoms with Crippen molar-refractivity contribution in [2.75, 3.05) is 63.7 Å². The van der Waals surface area contributed by atoms with Crippen LogP contribution in [0.3, 0.4) is 0 Å². The molecule has 186 valence electrons. The maximum absolute atomic E-state index is 13.3. The summed E-state index contributed by atoms with van der Waals surface area (Å²) < 4.78 is 18.0. The second-order valence-corrected chi connectivity index (χ2v) is 9.37. The van der Waals surface area contributed by atoms with Crippen LogP contribution in [0.15, 0.2) is 16.5 Å². The molecule has 1 N–H and O–H groups in total. The Morgan fingerprint density at radius 3 is 2.18 bits per heavy atom. The number of hydrogen-bond donors (Lipinski definition) is 1. The predicted molar refractivity (Wildman–Crippen MR) is 133 cm³/mol. The number of aromatic nitrogens is 2. The summed E-state index contributed by atoms with van der Waals surface area (Å²) >= 11 is 2.82. The van der Waals surface area contributed by atoms with E-state index in [1.807, 2.05) is 25.7 Å². The minimum absolute atomic E-state index is 0.0526. The average Bonchev–Trinajstić information content (AvgIpc) is 3.33. The van der Waals surface area contributed by atoms with E-state index in [0.29, 0.717) is 74.6 Å². The number of carbonyl (C=O) groups excluding carboxylic acids is 2. The molecule has 2 aromatic rings. The second kappa shape index (κ2) is 12.7. The van der Waals surface area contributed by atoms with Crippen LogP contribution in [0.1, 0.15) is 31.1 Å². The highest BCUT2D eigenvalue weighted by atomic mass is 32.2. The zero-order chi connectivity index (χ0) is 24.5. The van der Waals surface area contributed by atoms with Crippen LogP contribution >= 0.6 is 23.1 Å². The van der Waals surface area contributed by atoms with Crippen LogP contribution in [0.25, 0.3) is 0 Å². The number of anilines is 1. The quantitative estimate of drug-likeness (QED) is 0.457. The predicted octanol–water partition coefficient (Wildman–Crippen LogP) is 2.53. The molecule has 10 nitrogen and oxygen atoms in total. The van der Waals surface area contributed by atoms with Gasteiger partial charge in [-0.2, -0.15) is 0 Å². The van der Waals surface area contributed by atoms with E-state index in [2.05, 4.69) is 20.4 Å². The largest absolute Gasteiger partial charge is 0.490 e. The number of piperazine rings is 1. The van der Waals surface area contributed by atoms with Gasteiger partial charge in [0.2, 0.25) is 16.8 Å². The molecule has 1 saturated heterocycles. The molecule has 0 unspecified atom stereocenters. The molecule has 34 heavy (non-hydrogen) atoms. The Labute approximate surface area is 207 Å². The van der Waals surface area contributed by atoms with Gasteiger partial charge in [0.15, 0.2) is 15.8 Å². The molecule has 0 bridgehead atoms. The number of rotatable bonds is 11. The van der Waals surface area contributed by atoms with E-state index in [4.69, 9.17) is 14.2 Å². The molecule has 0 spiro atoms. The molecule has 2 heterocycles. The fraction of sp³-hybridized carbons (Fsp3) is 0.545. The molecule has 2 amide bonds. The third kappa shape index (κ3) is 6.44. The summed E-state index contributed by atoms with van der Waals surface area (Å²) in [6.07, 6.45) is 0. The highest BCUT2D eigenvalue weighted by Gasteiger charge is 2.26. The SMILES string of the molecule is CCOc1cc(C(=O)N2CCN(c3nnc(SCC(=O)NC)s3)CC2)cc(OCC)c1OCC. The van der Waals surface area contributed by atoms with Crippen LogP contribution in [0.4, 0.5) is 5.13 Å². The summed E-state index contributed by atoms with van der Waals surface area (Å²) in [6.45, 7) is 9.45. The lowest BCUT2D eigenvalue weighted by molar-refractivity contribution is -0.118. The van der Waals surface area contributed by atoms with Crippen LogP contribution in [-0.2, 0) is 4.79 Å². The number of carbonyl (C=O) groups is 2. The van der Waals surface area contributed by atoms with Gasteiger partial charge in [0.1, 0.15) is 0 Å². The first-order valence-electron chi connectivity index (χ1n) is 11.3. The van der Waals surface area contributed by atoms with Gasteiger partial charge in [-0.3, -0.25) is 9.59 Å². The number of amides is 2. The Morgan fingerprint density at radius 2 is 1.62 bits per heavy atom. The number of benzene rings is 1. The monoisotopic (exact) mass is 509 g/mol. The number of nitrogens with one attached hydrogen (secondary N) is 1. The van der Waals surface area contributed by atoms with Crippen molar-refractivity contribution in [3.05, 3.63) is 17.7 Å². The van der Waals surface area contributed by atoms with Gasteiger partial charge < -0.3 is 29.3 Å². The summed E-state index contributed by atoms with van der Waals surface area (Å²) in [4.78, 5) is 28.7.